The predicted molar refractivity (Wildman–Crippen MR) is 101 cm³/mol. The second-order valence-corrected chi connectivity index (χ2v) is 6.56. The summed E-state index contributed by atoms with van der Waals surface area (Å²) in [6, 6.07) is 4.84. The summed E-state index contributed by atoms with van der Waals surface area (Å²) in [5.41, 5.74) is 1.68. The third-order valence-electron chi connectivity index (χ3n) is 4.68. The van der Waals surface area contributed by atoms with Gasteiger partial charge in [-0.25, -0.2) is 14.6 Å². The smallest absolute Gasteiger partial charge is 0.408 e. The number of rotatable bonds is 3. The molecule has 1 saturated heterocycles. The first-order valence-electron chi connectivity index (χ1n) is 8.78. The highest BCUT2D eigenvalue weighted by Gasteiger charge is 2.22. The molecule has 1 atom stereocenters. The van der Waals surface area contributed by atoms with Gasteiger partial charge in [0.25, 0.3) is 0 Å². The van der Waals surface area contributed by atoms with Crippen LogP contribution >= 0.6 is 0 Å². The number of piperidine rings is 1. The number of urea groups is 1. The molecule has 140 valence electrons. The molecule has 0 bridgehead atoms. The molecule has 27 heavy (non-hydrogen) atoms. The number of benzene rings is 1. The highest BCUT2D eigenvalue weighted by Crippen LogP contribution is 2.19. The Hall–Kier alpha value is -3.36. The molecular weight excluding hydrogens is 348 g/mol. The van der Waals surface area contributed by atoms with Gasteiger partial charge in [-0.1, -0.05) is 0 Å². The van der Waals surface area contributed by atoms with E-state index in [0.29, 0.717) is 23.3 Å². The van der Waals surface area contributed by atoms with Crippen LogP contribution in [0, 0.1) is 0 Å². The number of aryl methyl sites for hydroxylation is 1. The molecule has 1 aromatic carbocycles. The maximum atomic E-state index is 12.4. The lowest BCUT2D eigenvalue weighted by molar-refractivity contribution is 0.246. The van der Waals surface area contributed by atoms with Crippen LogP contribution < -0.4 is 21.3 Å². The molecule has 2 N–H and O–H groups in total. The van der Waals surface area contributed by atoms with Crippen molar-refractivity contribution in [1.29, 1.82) is 0 Å². The average Bonchev–Trinajstić information content (AvgIpc) is 2.96. The fraction of sp³-hybridized carbons (Fsp3) is 0.333. The molecule has 0 spiro atoms. The summed E-state index contributed by atoms with van der Waals surface area (Å²) in [7, 11) is 1.64. The number of aromatic nitrogens is 3. The summed E-state index contributed by atoms with van der Waals surface area (Å²) in [6.45, 7) is 1.57. The van der Waals surface area contributed by atoms with Gasteiger partial charge < -0.3 is 20.0 Å². The summed E-state index contributed by atoms with van der Waals surface area (Å²) in [4.78, 5) is 34.5. The molecule has 1 aliphatic heterocycles. The zero-order chi connectivity index (χ0) is 18.8. The number of nitrogens with one attached hydrogen (secondary N) is 2. The van der Waals surface area contributed by atoms with Crippen LogP contribution in [0.3, 0.4) is 0 Å². The van der Waals surface area contributed by atoms with E-state index in [-0.39, 0.29) is 12.1 Å². The van der Waals surface area contributed by atoms with Crippen molar-refractivity contribution in [3.63, 3.8) is 0 Å². The van der Waals surface area contributed by atoms with Crippen molar-refractivity contribution in [2.75, 3.05) is 23.3 Å². The number of hydrogen-bond acceptors (Lipinski definition) is 6. The zero-order valence-corrected chi connectivity index (χ0v) is 14.9. The molecule has 3 aromatic rings. The van der Waals surface area contributed by atoms with Crippen LogP contribution in [0.15, 0.2) is 46.0 Å². The SMILES string of the molecule is Cn1c(=O)oc2cc(NC(=O)NC3CCCN(c4cnccn4)C3)ccc21. The number of anilines is 2. The molecular formula is C18H20N6O3. The minimum Gasteiger partial charge on any atom is -0.408 e. The van der Waals surface area contributed by atoms with E-state index in [1.54, 1.807) is 43.8 Å². The van der Waals surface area contributed by atoms with E-state index in [4.69, 9.17) is 4.42 Å². The Kier molecular flexibility index (Phi) is 4.49. The average molecular weight is 368 g/mol. The Morgan fingerprint density at radius 3 is 3.04 bits per heavy atom. The van der Waals surface area contributed by atoms with Gasteiger partial charge in [0.05, 0.1) is 11.7 Å². The summed E-state index contributed by atoms with van der Waals surface area (Å²) in [5.74, 6) is 0.381. The van der Waals surface area contributed by atoms with Crippen molar-refractivity contribution >= 4 is 28.6 Å². The molecule has 4 rings (SSSR count). The highest BCUT2D eigenvalue weighted by molar-refractivity contribution is 5.91. The maximum absolute atomic E-state index is 12.4. The van der Waals surface area contributed by atoms with E-state index in [1.165, 1.54) is 4.57 Å². The first-order chi connectivity index (χ1) is 13.1. The molecule has 2 amide bonds. The van der Waals surface area contributed by atoms with Gasteiger partial charge in [-0.05, 0) is 25.0 Å². The Morgan fingerprint density at radius 2 is 2.22 bits per heavy atom. The molecule has 9 nitrogen and oxygen atoms in total. The molecule has 0 saturated carbocycles. The van der Waals surface area contributed by atoms with Gasteiger partial charge in [0.1, 0.15) is 5.82 Å². The van der Waals surface area contributed by atoms with Gasteiger partial charge in [0, 0.05) is 50.3 Å². The number of hydrogen-bond donors (Lipinski definition) is 2. The van der Waals surface area contributed by atoms with E-state index >= 15 is 0 Å². The molecule has 9 heteroatoms. The Balaban J connectivity index is 1.39. The normalized spacial score (nSPS) is 17.1. The zero-order valence-electron chi connectivity index (χ0n) is 14.9. The van der Waals surface area contributed by atoms with Crippen molar-refractivity contribution in [3.8, 4) is 0 Å². The van der Waals surface area contributed by atoms with Crippen molar-refractivity contribution in [2.45, 2.75) is 18.9 Å². The minimum atomic E-state index is -0.432. The number of carbonyl (C=O) groups excluding carboxylic acids is 1. The molecule has 3 heterocycles. The largest absolute Gasteiger partial charge is 0.419 e. The van der Waals surface area contributed by atoms with E-state index in [0.717, 1.165) is 25.2 Å². The summed E-state index contributed by atoms with van der Waals surface area (Å²) < 4.78 is 6.57. The standard InChI is InChI=1S/C18H20N6O3/c1-23-14-5-4-12(9-15(14)27-18(23)26)21-17(25)22-13-3-2-8-24(11-13)16-10-19-6-7-20-16/h4-7,9-10,13H,2-3,8,11H2,1H3,(H2,21,22,25). The third kappa shape index (κ3) is 3.62. The monoisotopic (exact) mass is 368 g/mol. The van der Waals surface area contributed by atoms with Crippen LogP contribution in [0.2, 0.25) is 0 Å². The van der Waals surface area contributed by atoms with Gasteiger partial charge >= 0.3 is 11.8 Å². The first kappa shape index (κ1) is 17.1. The number of amides is 2. The van der Waals surface area contributed by atoms with Crippen LogP contribution in [0.4, 0.5) is 16.3 Å². The molecule has 0 radical (unpaired) electrons. The van der Waals surface area contributed by atoms with Crippen molar-refractivity contribution in [3.05, 3.63) is 47.3 Å². The fourth-order valence-corrected chi connectivity index (χ4v) is 3.32. The Bertz CT molecular complexity index is 1010. The van der Waals surface area contributed by atoms with Crippen molar-refractivity contribution < 1.29 is 9.21 Å². The number of nitrogens with zero attached hydrogens (tertiary/aromatic N) is 4. The summed E-state index contributed by atoms with van der Waals surface area (Å²) >= 11 is 0. The van der Waals surface area contributed by atoms with Crippen LogP contribution in [0.5, 0.6) is 0 Å². The first-order valence-corrected chi connectivity index (χ1v) is 8.78. The fourth-order valence-electron chi connectivity index (χ4n) is 3.32. The predicted octanol–water partition coefficient (Wildman–Crippen LogP) is 1.71. The van der Waals surface area contributed by atoms with Gasteiger partial charge in [-0.2, -0.15) is 0 Å². The van der Waals surface area contributed by atoms with Gasteiger partial charge in [0.15, 0.2) is 5.58 Å². The third-order valence-corrected chi connectivity index (χ3v) is 4.68. The second kappa shape index (κ2) is 7.10. The van der Waals surface area contributed by atoms with E-state index < -0.39 is 5.76 Å². The second-order valence-electron chi connectivity index (χ2n) is 6.56. The van der Waals surface area contributed by atoms with E-state index in [1.807, 2.05) is 0 Å². The van der Waals surface area contributed by atoms with Crippen LogP contribution in [-0.2, 0) is 7.05 Å². The number of oxazole rings is 1. The van der Waals surface area contributed by atoms with Crippen molar-refractivity contribution in [2.24, 2.45) is 7.05 Å². The van der Waals surface area contributed by atoms with Crippen LogP contribution in [0.1, 0.15) is 12.8 Å². The van der Waals surface area contributed by atoms with Crippen LogP contribution in [0.25, 0.3) is 11.1 Å². The van der Waals surface area contributed by atoms with Crippen LogP contribution in [-0.4, -0.2) is 39.7 Å². The van der Waals surface area contributed by atoms with Gasteiger partial charge in [-0.15, -0.1) is 0 Å². The lowest BCUT2D eigenvalue weighted by atomic mass is 10.1. The molecule has 0 aliphatic carbocycles. The van der Waals surface area contributed by atoms with E-state index in [2.05, 4.69) is 25.5 Å². The minimum absolute atomic E-state index is 0.0131. The topological polar surface area (TPSA) is 105 Å². The quantitative estimate of drug-likeness (QED) is 0.729. The highest BCUT2D eigenvalue weighted by atomic mass is 16.4. The summed E-state index contributed by atoms with van der Waals surface area (Å²) in [5, 5.41) is 5.79. The molecule has 1 fully saturated rings. The van der Waals surface area contributed by atoms with Crippen molar-refractivity contribution in [1.82, 2.24) is 19.9 Å². The molecule has 2 aromatic heterocycles. The van der Waals surface area contributed by atoms with Gasteiger partial charge in [-0.3, -0.25) is 9.55 Å². The maximum Gasteiger partial charge on any atom is 0.419 e. The summed E-state index contributed by atoms with van der Waals surface area (Å²) in [6.07, 6.45) is 6.89. The molecule has 1 unspecified atom stereocenters. The number of fused-ring (bicyclic) bond motifs is 1. The lowest BCUT2D eigenvalue weighted by Crippen LogP contribution is -2.49. The Morgan fingerprint density at radius 1 is 1.33 bits per heavy atom. The Labute approximate surface area is 155 Å². The van der Waals surface area contributed by atoms with E-state index in [9.17, 15) is 9.59 Å². The number of carbonyl (C=O) groups is 1. The van der Waals surface area contributed by atoms with Gasteiger partial charge in [0.2, 0.25) is 0 Å². The lowest BCUT2D eigenvalue weighted by Gasteiger charge is -2.33. The molecule has 1 aliphatic rings.